The van der Waals surface area contributed by atoms with Crippen LogP contribution in [-0.4, -0.2) is 34.4 Å². The minimum absolute atomic E-state index is 0.0268. The zero-order valence-corrected chi connectivity index (χ0v) is 14.5. The molecule has 0 N–H and O–H groups in total. The van der Waals surface area contributed by atoms with Crippen LogP contribution in [0.3, 0.4) is 0 Å². The van der Waals surface area contributed by atoms with Gasteiger partial charge in [0.15, 0.2) is 13.0 Å². The van der Waals surface area contributed by atoms with Crippen LogP contribution in [0.15, 0.2) is 15.6 Å². The number of carbonyl (C=O) groups excluding carboxylic acids is 2. The number of hydrogen-bond donors (Lipinski definition) is 0. The highest BCUT2D eigenvalue weighted by Crippen LogP contribution is 2.25. The van der Waals surface area contributed by atoms with Crippen LogP contribution in [0.5, 0.6) is 5.95 Å². The quantitative estimate of drug-likeness (QED) is 0.308. The summed E-state index contributed by atoms with van der Waals surface area (Å²) in [6, 6.07) is 3.38. The van der Waals surface area contributed by atoms with E-state index in [4.69, 9.17) is 4.74 Å². The van der Waals surface area contributed by atoms with Gasteiger partial charge in [-0.25, -0.2) is 9.78 Å². The summed E-state index contributed by atoms with van der Waals surface area (Å²) in [4.78, 5) is 28.4. The number of nitriles is 1. The van der Waals surface area contributed by atoms with E-state index in [0.717, 1.165) is 16.4 Å². The number of carbonyl (C=O) groups is 2. The Balaban J connectivity index is 2.29. The summed E-state index contributed by atoms with van der Waals surface area (Å²) in [7, 11) is 1.41. The van der Waals surface area contributed by atoms with Crippen LogP contribution in [0.1, 0.15) is 39.0 Å². The Morgan fingerprint density at radius 2 is 2.24 bits per heavy atom. The highest BCUT2D eigenvalue weighted by Gasteiger charge is 2.25. The Morgan fingerprint density at radius 1 is 1.52 bits per heavy atom. The van der Waals surface area contributed by atoms with Gasteiger partial charge in [-0.3, -0.25) is 4.79 Å². The van der Waals surface area contributed by atoms with E-state index in [1.54, 1.807) is 13.8 Å². The predicted octanol–water partition coefficient (Wildman–Crippen LogP) is 0.299. The topological polar surface area (TPSA) is 133 Å². The molecular formula is C15H14N4O5S. The Bertz CT molecular complexity index is 852. The number of aromatic nitrogens is 3. The average molecular weight is 362 g/mol. The smallest absolute Gasteiger partial charge is 0.339 e. The molecule has 0 spiro atoms. The maximum absolute atomic E-state index is 12.2. The fourth-order valence-electron chi connectivity index (χ4n) is 2.04. The number of ketones is 1. The lowest BCUT2D eigenvalue weighted by Crippen LogP contribution is -2.37. The van der Waals surface area contributed by atoms with Gasteiger partial charge in [-0.15, -0.1) is 0 Å². The number of esters is 1. The van der Waals surface area contributed by atoms with Crippen LogP contribution in [0.25, 0.3) is 0 Å². The van der Waals surface area contributed by atoms with Crippen molar-refractivity contribution in [1.82, 2.24) is 10.3 Å². The SMILES string of the molecule is CCOC(=O)c1cc(C)nc(SCC(=O)c2c([O-])on[n+]2C)c1C#N. The van der Waals surface area contributed by atoms with Crippen LogP contribution in [0.2, 0.25) is 0 Å². The molecule has 0 aliphatic heterocycles. The Morgan fingerprint density at radius 3 is 2.80 bits per heavy atom. The standard InChI is InChI=1S/C15H14N4O5S/c1-4-23-14(21)9-5-8(2)17-13(10(9)6-16)25-7-11(20)12-15(22)24-18-19(12)3/h5H,4,7H2,1-3H3. The van der Waals surface area contributed by atoms with Gasteiger partial charge in [-0.1, -0.05) is 16.4 Å². The summed E-state index contributed by atoms with van der Waals surface area (Å²) < 4.78 is 10.4. The van der Waals surface area contributed by atoms with Crippen molar-refractivity contribution in [2.75, 3.05) is 12.4 Å². The van der Waals surface area contributed by atoms with Crippen LogP contribution in [0.4, 0.5) is 0 Å². The molecule has 2 rings (SSSR count). The van der Waals surface area contributed by atoms with Crippen LogP contribution < -0.4 is 9.79 Å². The van der Waals surface area contributed by atoms with Gasteiger partial charge in [0.05, 0.1) is 28.8 Å². The molecule has 0 radical (unpaired) electrons. The minimum Gasteiger partial charge on any atom is -0.539 e. The molecule has 2 aromatic heterocycles. The van der Waals surface area contributed by atoms with Gasteiger partial charge in [0, 0.05) is 5.69 Å². The molecule has 0 saturated heterocycles. The predicted molar refractivity (Wildman–Crippen MR) is 81.8 cm³/mol. The molecule has 2 aromatic rings. The first-order valence-electron chi connectivity index (χ1n) is 7.16. The summed E-state index contributed by atoms with van der Waals surface area (Å²) >= 11 is 0.947. The van der Waals surface area contributed by atoms with Crippen molar-refractivity contribution >= 4 is 23.5 Å². The van der Waals surface area contributed by atoms with Crippen molar-refractivity contribution in [3.05, 3.63) is 28.6 Å². The fourth-order valence-corrected chi connectivity index (χ4v) is 2.95. The molecule has 0 amide bonds. The number of rotatable bonds is 6. The van der Waals surface area contributed by atoms with Crippen molar-refractivity contribution in [3.63, 3.8) is 0 Å². The summed E-state index contributed by atoms with van der Waals surface area (Å²) in [6.07, 6.45) is 0. The van der Waals surface area contributed by atoms with Crippen LogP contribution in [0, 0.1) is 18.3 Å². The normalized spacial score (nSPS) is 10.3. The summed E-state index contributed by atoms with van der Waals surface area (Å²) in [5, 5.41) is 24.4. The van der Waals surface area contributed by atoms with Gasteiger partial charge in [0.1, 0.15) is 11.1 Å². The van der Waals surface area contributed by atoms with Gasteiger partial charge < -0.3 is 14.4 Å². The second-order valence-electron chi connectivity index (χ2n) is 4.87. The molecule has 0 aromatic carbocycles. The molecule has 0 aliphatic rings. The second-order valence-corrected chi connectivity index (χ2v) is 5.83. The Hall–Kier alpha value is -2.93. The third-order valence-corrected chi connectivity index (χ3v) is 4.06. The molecule has 0 atom stereocenters. The van der Waals surface area contributed by atoms with E-state index in [2.05, 4.69) is 14.8 Å². The zero-order chi connectivity index (χ0) is 18.6. The first-order chi connectivity index (χ1) is 11.9. The lowest BCUT2D eigenvalue weighted by atomic mass is 10.1. The number of nitrogens with zero attached hydrogens (tertiary/aromatic N) is 4. The van der Waals surface area contributed by atoms with Gasteiger partial charge >= 0.3 is 5.97 Å². The average Bonchev–Trinajstić information content (AvgIpc) is 2.91. The molecule has 130 valence electrons. The summed E-state index contributed by atoms with van der Waals surface area (Å²) in [6.45, 7) is 3.49. The first-order valence-corrected chi connectivity index (χ1v) is 8.15. The molecule has 0 unspecified atom stereocenters. The number of Topliss-reactive ketones (excluding diaryl/α,β-unsaturated/α-hetero) is 1. The number of ether oxygens (including phenoxy) is 1. The van der Waals surface area contributed by atoms with Crippen molar-refractivity contribution in [3.8, 4) is 12.0 Å². The van der Waals surface area contributed by atoms with Crippen LogP contribution in [-0.2, 0) is 11.8 Å². The van der Waals surface area contributed by atoms with E-state index >= 15 is 0 Å². The van der Waals surface area contributed by atoms with Crippen molar-refractivity contribution in [2.24, 2.45) is 7.05 Å². The molecule has 0 fully saturated rings. The maximum atomic E-state index is 12.2. The lowest BCUT2D eigenvalue weighted by molar-refractivity contribution is -0.741. The summed E-state index contributed by atoms with van der Waals surface area (Å²) in [5.41, 5.74) is 0.409. The third-order valence-electron chi connectivity index (χ3n) is 3.09. The van der Waals surface area contributed by atoms with E-state index < -0.39 is 17.7 Å². The van der Waals surface area contributed by atoms with Gasteiger partial charge in [-0.2, -0.15) is 5.26 Å². The van der Waals surface area contributed by atoms with Crippen molar-refractivity contribution < 1.29 is 28.6 Å². The monoisotopic (exact) mass is 362 g/mol. The Kier molecular flexibility index (Phi) is 5.71. The summed E-state index contributed by atoms with van der Waals surface area (Å²) in [5.74, 6) is -2.16. The number of thioether (sulfide) groups is 1. The zero-order valence-electron chi connectivity index (χ0n) is 13.7. The minimum atomic E-state index is -0.835. The largest absolute Gasteiger partial charge is 0.539 e. The van der Waals surface area contributed by atoms with Crippen LogP contribution >= 0.6 is 11.8 Å². The number of aryl methyl sites for hydroxylation is 2. The van der Waals surface area contributed by atoms with E-state index in [9.17, 15) is 20.0 Å². The van der Waals surface area contributed by atoms with E-state index in [-0.39, 0.29) is 34.2 Å². The van der Waals surface area contributed by atoms with Crippen molar-refractivity contribution in [1.29, 1.82) is 5.26 Å². The van der Waals surface area contributed by atoms with Gasteiger partial charge in [0.25, 0.3) is 5.69 Å². The molecule has 0 bridgehead atoms. The van der Waals surface area contributed by atoms with E-state index in [1.165, 1.54) is 13.1 Å². The molecular weight excluding hydrogens is 348 g/mol. The van der Waals surface area contributed by atoms with Gasteiger partial charge in [-0.05, 0) is 19.9 Å². The Labute approximate surface area is 147 Å². The maximum Gasteiger partial charge on any atom is 0.339 e. The molecule has 9 nitrogen and oxygen atoms in total. The number of pyridine rings is 1. The van der Waals surface area contributed by atoms with Crippen molar-refractivity contribution in [2.45, 2.75) is 18.9 Å². The second kappa shape index (κ2) is 7.76. The fraction of sp³-hybridized carbons (Fsp3) is 0.333. The molecule has 0 saturated carbocycles. The highest BCUT2D eigenvalue weighted by molar-refractivity contribution is 8.00. The molecule has 25 heavy (non-hydrogen) atoms. The molecule has 0 aliphatic carbocycles. The molecule has 2 heterocycles. The van der Waals surface area contributed by atoms with Gasteiger partial charge in [0.2, 0.25) is 5.78 Å². The third kappa shape index (κ3) is 3.95. The lowest BCUT2D eigenvalue weighted by Gasteiger charge is -2.09. The highest BCUT2D eigenvalue weighted by atomic mass is 32.2. The first kappa shape index (κ1) is 18.4. The van der Waals surface area contributed by atoms with E-state index in [1.807, 2.05) is 6.07 Å². The molecule has 10 heteroatoms. The number of hydrogen-bond acceptors (Lipinski definition) is 9. The van der Waals surface area contributed by atoms with E-state index in [0.29, 0.717) is 5.69 Å².